The molecule has 0 spiro atoms. The van der Waals surface area contributed by atoms with Crippen molar-refractivity contribution in [2.75, 3.05) is 5.32 Å². The summed E-state index contributed by atoms with van der Waals surface area (Å²) in [5.41, 5.74) is 3.51. The Bertz CT molecular complexity index is 830. The molecule has 0 bridgehead atoms. The van der Waals surface area contributed by atoms with Crippen molar-refractivity contribution < 1.29 is 9.53 Å². The second-order valence-corrected chi connectivity index (χ2v) is 5.65. The molecule has 0 aliphatic heterocycles. The van der Waals surface area contributed by atoms with Gasteiger partial charge in [0.15, 0.2) is 0 Å². The van der Waals surface area contributed by atoms with Gasteiger partial charge in [-0.3, -0.25) is 9.78 Å². The Morgan fingerprint density at radius 1 is 1.00 bits per heavy atom. The molecular weight excluding hydrogens is 312 g/mol. The number of pyridine rings is 1. The van der Waals surface area contributed by atoms with Crippen molar-refractivity contribution in [2.45, 2.75) is 20.0 Å². The monoisotopic (exact) mass is 332 g/mol. The van der Waals surface area contributed by atoms with Crippen molar-refractivity contribution in [1.29, 1.82) is 0 Å². The predicted molar refractivity (Wildman–Crippen MR) is 98.8 cm³/mol. The zero-order valence-corrected chi connectivity index (χ0v) is 14.1. The first-order valence-corrected chi connectivity index (χ1v) is 8.27. The number of aryl methyl sites for hydroxylation is 1. The summed E-state index contributed by atoms with van der Waals surface area (Å²) < 4.78 is 5.88. The van der Waals surface area contributed by atoms with Crippen molar-refractivity contribution in [2.24, 2.45) is 0 Å². The Morgan fingerprint density at radius 2 is 1.76 bits per heavy atom. The first-order valence-electron chi connectivity index (χ1n) is 8.27. The van der Waals surface area contributed by atoms with Gasteiger partial charge in [-0.1, -0.05) is 43.3 Å². The van der Waals surface area contributed by atoms with E-state index in [1.807, 2.05) is 12.1 Å². The average Bonchev–Trinajstić information content (AvgIpc) is 2.68. The Hall–Kier alpha value is -3.14. The van der Waals surface area contributed by atoms with E-state index >= 15 is 0 Å². The van der Waals surface area contributed by atoms with Crippen LogP contribution < -0.4 is 10.1 Å². The van der Waals surface area contributed by atoms with Crippen LogP contribution in [0.4, 0.5) is 5.69 Å². The summed E-state index contributed by atoms with van der Waals surface area (Å²) in [4.78, 5) is 16.5. The molecule has 3 rings (SSSR count). The highest BCUT2D eigenvalue weighted by Gasteiger charge is 2.12. The van der Waals surface area contributed by atoms with Crippen LogP contribution >= 0.6 is 0 Å². The van der Waals surface area contributed by atoms with Crippen LogP contribution in [0.15, 0.2) is 73.1 Å². The van der Waals surface area contributed by atoms with Gasteiger partial charge in [0.25, 0.3) is 5.91 Å². The minimum Gasteiger partial charge on any atom is -0.488 e. The molecule has 0 fully saturated rings. The van der Waals surface area contributed by atoms with E-state index in [0.29, 0.717) is 23.6 Å². The molecule has 1 amide bonds. The van der Waals surface area contributed by atoms with Crippen LogP contribution in [0.1, 0.15) is 28.4 Å². The molecule has 0 atom stereocenters. The van der Waals surface area contributed by atoms with Crippen LogP contribution in [0, 0.1) is 0 Å². The maximum Gasteiger partial charge on any atom is 0.259 e. The van der Waals surface area contributed by atoms with Gasteiger partial charge in [-0.25, -0.2) is 0 Å². The number of benzene rings is 2. The molecule has 3 aromatic rings. The van der Waals surface area contributed by atoms with Crippen molar-refractivity contribution >= 4 is 11.6 Å². The third-order valence-electron chi connectivity index (χ3n) is 3.88. The number of hydrogen-bond donors (Lipinski definition) is 1. The smallest absolute Gasteiger partial charge is 0.259 e. The first-order chi connectivity index (χ1) is 12.3. The second kappa shape index (κ2) is 8.11. The number of anilines is 1. The van der Waals surface area contributed by atoms with Crippen LogP contribution in [0.5, 0.6) is 5.75 Å². The van der Waals surface area contributed by atoms with Gasteiger partial charge in [0.05, 0.1) is 17.4 Å². The number of rotatable bonds is 6. The lowest BCUT2D eigenvalue weighted by atomic mass is 10.1. The number of ether oxygens (including phenoxy) is 1. The molecule has 0 saturated heterocycles. The molecule has 0 aliphatic carbocycles. The lowest BCUT2D eigenvalue weighted by Gasteiger charge is -2.12. The third kappa shape index (κ3) is 4.44. The zero-order valence-electron chi connectivity index (χ0n) is 14.1. The Morgan fingerprint density at radius 3 is 2.48 bits per heavy atom. The average molecular weight is 332 g/mol. The normalized spacial score (nSPS) is 10.3. The quantitative estimate of drug-likeness (QED) is 0.724. The predicted octanol–water partition coefficient (Wildman–Crippen LogP) is 4.48. The van der Waals surface area contributed by atoms with E-state index in [1.54, 1.807) is 36.7 Å². The van der Waals surface area contributed by atoms with E-state index in [2.05, 4.69) is 41.5 Å². The molecule has 1 N–H and O–H groups in total. The number of hydrogen-bond acceptors (Lipinski definition) is 3. The van der Waals surface area contributed by atoms with E-state index < -0.39 is 0 Å². The van der Waals surface area contributed by atoms with Crippen LogP contribution in [0.2, 0.25) is 0 Å². The summed E-state index contributed by atoms with van der Waals surface area (Å²) >= 11 is 0. The summed E-state index contributed by atoms with van der Waals surface area (Å²) in [5.74, 6) is 0.341. The van der Waals surface area contributed by atoms with Crippen LogP contribution in [0.25, 0.3) is 0 Å². The van der Waals surface area contributed by atoms with Gasteiger partial charge in [-0.2, -0.15) is 0 Å². The van der Waals surface area contributed by atoms with Gasteiger partial charge < -0.3 is 10.1 Å². The van der Waals surface area contributed by atoms with Gasteiger partial charge in [-0.15, -0.1) is 0 Å². The molecule has 0 saturated carbocycles. The number of carbonyl (C=O) groups is 1. The molecule has 4 nitrogen and oxygen atoms in total. The van der Waals surface area contributed by atoms with Crippen LogP contribution in [0.3, 0.4) is 0 Å². The molecule has 0 radical (unpaired) electrons. The minimum atomic E-state index is -0.218. The van der Waals surface area contributed by atoms with Gasteiger partial charge >= 0.3 is 0 Å². The third-order valence-corrected chi connectivity index (χ3v) is 3.88. The molecule has 2 aromatic carbocycles. The van der Waals surface area contributed by atoms with Crippen molar-refractivity contribution in [3.8, 4) is 5.75 Å². The molecule has 0 unspecified atom stereocenters. The van der Waals surface area contributed by atoms with E-state index in [0.717, 1.165) is 12.0 Å². The number of nitrogens with one attached hydrogen (secondary N) is 1. The van der Waals surface area contributed by atoms with Gasteiger partial charge in [0, 0.05) is 6.20 Å². The van der Waals surface area contributed by atoms with E-state index in [4.69, 9.17) is 4.74 Å². The molecule has 1 aromatic heterocycles. The summed E-state index contributed by atoms with van der Waals surface area (Å²) in [6.07, 6.45) is 4.28. The largest absolute Gasteiger partial charge is 0.488 e. The highest BCUT2D eigenvalue weighted by atomic mass is 16.5. The molecule has 4 heteroatoms. The maximum absolute atomic E-state index is 12.5. The van der Waals surface area contributed by atoms with Crippen molar-refractivity contribution in [3.63, 3.8) is 0 Å². The highest BCUT2D eigenvalue weighted by Crippen LogP contribution is 2.21. The lowest BCUT2D eigenvalue weighted by Crippen LogP contribution is -2.13. The van der Waals surface area contributed by atoms with E-state index in [9.17, 15) is 4.79 Å². The Kier molecular flexibility index (Phi) is 5.42. The molecule has 1 heterocycles. The van der Waals surface area contributed by atoms with E-state index in [-0.39, 0.29) is 5.91 Å². The van der Waals surface area contributed by atoms with Crippen LogP contribution in [-0.2, 0) is 13.0 Å². The Balaban J connectivity index is 1.70. The zero-order chi connectivity index (χ0) is 17.5. The standard InChI is InChI=1S/C21H20N2O2/c1-2-16-9-11-17(12-10-16)15-25-20-8-4-3-7-19(20)21(24)23-18-6-5-13-22-14-18/h3-14H,2,15H2,1H3,(H,23,24). The van der Waals surface area contributed by atoms with Gasteiger partial charge in [0.1, 0.15) is 12.4 Å². The first kappa shape index (κ1) is 16.7. The van der Waals surface area contributed by atoms with Crippen molar-refractivity contribution in [1.82, 2.24) is 4.98 Å². The number of aromatic nitrogens is 1. The van der Waals surface area contributed by atoms with Gasteiger partial charge in [-0.05, 0) is 41.8 Å². The topological polar surface area (TPSA) is 51.2 Å². The fourth-order valence-corrected chi connectivity index (χ4v) is 2.45. The highest BCUT2D eigenvalue weighted by molar-refractivity contribution is 6.06. The summed E-state index contributed by atoms with van der Waals surface area (Å²) in [7, 11) is 0. The number of para-hydroxylation sites is 1. The number of carbonyl (C=O) groups excluding carboxylic acids is 1. The summed E-state index contributed by atoms with van der Waals surface area (Å²) in [6, 6.07) is 19.1. The second-order valence-electron chi connectivity index (χ2n) is 5.65. The lowest BCUT2D eigenvalue weighted by molar-refractivity contribution is 0.102. The fraction of sp³-hybridized carbons (Fsp3) is 0.143. The number of nitrogens with zero attached hydrogens (tertiary/aromatic N) is 1. The molecule has 25 heavy (non-hydrogen) atoms. The van der Waals surface area contributed by atoms with Crippen LogP contribution in [-0.4, -0.2) is 10.9 Å². The van der Waals surface area contributed by atoms with Crippen molar-refractivity contribution in [3.05, 3.63) is 89.7 Å². The van der Waals surface area contributed by atoms with E-state index in [1.165, 1.54) is 5.56 Å². The molecular formula is C21H20N2O2. The Labute approximate surface area is 147 Å². The molecule has 0 aliphatic rings. The summed E-state index contributed by atoms with van der Waals surface area (Å²) in [6.45, 7) is 2.55. The number of amides is 1. The minimum absolute atomic E-state index is 0.218. The fourth-order valence-electron chi connectivity index (χ4n) is 2.45. The SMILES string of the molecule is CCc1ccc(COc2ccccc2C(=O)Nc2cccnc2)cc1. The molecule has 126 valence electrons. The maximum atomic E-state index is 12.5. The summed E-state index contributed by atoms with van der Waals surface area (Å²) in [5, 5.41) is 2.83. The van der Waals surface area contributed by atoms with Gasteiger partial charge in [0.2, 0.25) is 0 Å².